The molecule has 0 aliphatic carbocycles. The second kappa shape index (κ2) is 9.27. The van der Waals surface area contributed by atoms with E-state index in [1.165, 1.54) is 17.1 Å². The largest absolute Gasteiger partial charge is 0.409 e. The Bertz CT molecular complexity index is 1210. The van der Waals surface area contributed by atoms with E-state index >= 15 is 0 Å². The topological polar surface area (TPSA) is 44.4 Å². The maximum absolute atomic E-state index is 13.4. The van der Waals surface area contributed by atoms with Gasteiger partial charge in [-0.2, -0.15) is 13.2 Å². The zero-order valence-electron chi connectivity index (χ0n) is 16.6. The molecule has 0 bridgehead atoms. The summed E-state index contributed by atoms with van der Waals surface area (Å²) >= 11 is 18.4. The maximum Gasteiger partial charge on any atom is 0.409 e. The Labute approximate surface area is 202 Å². The van der Waals surface area contributed by atoms with Crippen molar-refractivity contribution in [1.29, 1.82) is 0 Å². The van der Waals surface area contributed by atoms with E-state index in [9.17, 15) is 18.0 Å². The summed E-state index contributed by atoms with van der Waals surface area (Å²) in [5.41, 5.74) is 4.07. The number of hydrogen-bond acceptors (Lipinski definition) is 3. The fraction of sp³-hybridized carbons (Fsp3) is 0.0870. The smallest absolute Gasteiger partial charge is 0.319 e. The third-order valence-electron chi connectivity index (χ3n) is 4.92. The van der Waals surface area contributed by atoms with Crippen LogP contribution in [0.25, 0.3) is 5.70 Å². The van der Waals surface area contributed by atoms with Gasteiger partial charge in [0.1, 0.15) is 6.04 Å². The maximum atomic E-state index is 13.4. The van der Waals surface area contributed by atoms with Crippen molar-refractivity contribution >= 4 is 57.8 Å². The molecule has 3 aromatic rings. The number of nitrogens with one attached hydrogen (secondary N) is 2. The minimum atomic E-state index is -4.50. The molecule has 1 aliphatic rings. The van der Waals surface area contributed by atoms with Crippen LogP contribution < -0.4 is 15.8 Å². The summed E-state index contributed by atoms with van der Waals surface area (Å²) in [5, 5.41) is 4.78. The van der Waals surface area contributed by atoms with Crippen LogP contribution in [0.15, 0.2) is 72.8 Å². The highest BCUT2D eigenvalue weighted by atomic mass is 35.5. The standard InChI is InChI=1S/C23H15Cl3F3N3O/c24-15-4-1-2-7-18(15)32-19(12-20(31-32)23(27,28)29)13-8-10-14(11-9-13)22(33)30-21-16(25)5-3-6-17(21)26/h1-12,20,31H,(H,30,33). The monoisotopic (exact) mass is 511 g/mol. The molecule has 33 heavy (non-hydrogen) atoms. The number of nitrogens with zero attached hydrogens (tertiary/aromatic N) is 1. The Morgan fingerprint density at radius 2 is 1.48 bits per heavy atom. The number of amides is 1. The van der Waals surface area contributed by atoms with E-state index in [-0.39, 0.29) is 32.0 Å². The molecule has 0 aromatic heterocycles. The molecule has 0 saturated carbocycles. The number of para-hydroxylation sites is 2. The van der Waals surface area contributed by atoms with Crippen molar-refractivity contribution in [2.24, 2.45) is 0 Å². The fourth-order valence-electron chi connectivity index (χ4n) is 3.30. The predicted octanol–water partition coefficient (Wildman–Crippen LogP) is 7.20. The molecule has 1 unspecified atom stereocenters. The van der Waals surface area contributed by atoms with Gasteiger partial charge in [-0.25, -0.2) is 5.43 Å². The number of hydrazine groups is 1. The molecule has 4 nitrogen and oxygen atoms in total. The van der Waals surface area contributed by atoms with Crippen LogP contribution in [0.1, 0.15) is 15.9 Å². The lowest BCUT2D eigenvalue weighted by molar-refractivity contribution is -0.142. The third kappa shape index (κ3) is 4.96. The third-order valence-corrected chi connectivity index (χ3v) is 5.87. The van der Waals surface area contributed by atoms with E-state index in [0.29, 0.717) is 11.3 Å². The summed E-state index contributed by atoms with van der Waals surface area (Å²) < 4.78 is 40.3. The van der Waals surface area contributed by atoms with Crippen molar-refractivity contribution in [1.82, 2.24) is 5.43 Å². The Kier molecular flexibility index (Phi) is 6.59. The van der Waals surface area contributed by atoms with Gasteiger partial charge in [0.2, 0.25) is 0 Å². The van der Waals surface area contributed by atoms with Gasteiger partial charge >= 0.3 is 6.18 Å². The summed E-state index contributed by atoms with van der Waals surface area (Å²) in [6, 6.07) is 15.6. The van der Waals surface area contributed by atoms with Crippen molar-refractivity contribution in [2.75, 3.05) is 10.3 Å². The highest BCUT2D eigenvalue weighted by Crippen LogP contribution is 2.37. The second-order valence-electron chi connectivity index (χ2n) is 7.12. The molecular weight excluding hydrogens is 498 g/mol. The first-order valence-electron chi connectivity index (χ1n) is 9.60. The van der Waals surface area contributed by atoms with Crippen LogP contribution in [0, 0.1) is 0 Å². The number of hydrogen-bond donors (Lipinski definition) is 2. The number of alkyl halides is 3. The van der Waals surface area contributed by atoms with Crippen molar-refractivity contribution < 1.29 is 18.0 Å². The van der Waals surface area contributed by atoms with Crippen molar-refractivity contribution in [2.45, 2.75) is 12.2 Å². The van der Waals surface area contributed by atoms with Gasteiger partial charge in [-0.05, 0) is 48.0 Å². The van der Waals surface area contributed by atoms with Gasteiger partial charge in [-0.1, -0.05) is 65.1 Å². The van der Waals surface area contributed by atoms with E-state index in [2.05, 4.69) is 10.7 Å². The van der Waals surface area contributed by atoms with Gasteiger partial charge in [0.15, 0.2) is 0 Å². The van der Waals surface area contributed by atoms with Crippen LogP contribution in [0.4, 0.5) is 24.5 Å². The van der Waals surface area contributed by atoms with Crippen molar-refractivity contribution in [3.8, 4) is 0 Å². The summed E-state index contributed by atoms with van der Waals surface area (Å²) in [6.45, 7) is 0. The molecule has 10 heteroatoms. The number of halogens is 6. The molecular formula is C23H15Cl3F3N3O. The molecule has 3 aromatic carbocycles. The van der Waals surface area contributed by atoms with Gasteiger partial charge in [-0.3, -0.25) is 9.80 Å². The van der Waals surface area contributed by atoms with E-state index < -0.39 is 18.1 Å². The van der Waals surface area contributed by atoms with Crippen LogP contribution in [0.3, 0.4) is 0 Å². The Morgan fingerprint density at radius 3 is 2.09 bits per heavy atom. The molecule has 0 saturated heterocycles. The number of anilines is 2. The summed E-state index contributed by atoms with van der Waals surface area (Å²) in [7, 11) is 0. The number of carbonyl (C=O) groups excluding carboxylic acids is 1. The summed E-state index contributed by atoms with van der Waals surface area (Å²) in [4.78, 5) is 12.6. The molecule has 1 aliphatic heterocycles. The van der Waals surface area contributed by atoms with Gasteiger partial charge < -0.3 is 5.32 Å². The SMILES string of the molecule is O=C(Nc1c(Cl)cccc1Cl)c1ccc(C2=CC(C(F)(F)F)NN2c2ccccc2Cl)cc1. The van der Waals surface area contributed by atoms with Crippen LogP contribution in [-0.2, 0) is 0 Å². The molecule has 0 radical (unpaired) electrons. The Morgan fingerprint density at radius 1 is 0.879 bits per heavy atom. The zero-order valence-corrected chi connectivity index (χ0v) is 18.9. The van der Waals surface area contributed by atoms with Gasteiger partial charge in [0, 0.05) is 5.56 Å². The zero-order chi connectivity index (χ0) is 23.8. The van der Waals surface area contributed by atoms with Gasteiger partial charge in [-0.15, -0.1) is 0 Å². The van der Waals surface area contributed by atoms with Gasteiger partial charge in [0.25, 0.3) is 5.91 Å². The summed E-state index contributed by atoms with van der Waals surface area (Å²) in [5.74, 6) is -0.466. The van der Waals surface area contributed by atoms with E-state index in [1.54, 1.807) is 54.6 Å². The number of benzene rings is 3. The number of rotatable bonds is 4. The van der Waals surface area contributed by atoms with Crippen LogP contribution in [-0.4, -0.2) is 18.1 Å². The van der Waals surface area contributed by atoms with E-state index in [4.69, 9.17) is 34.8 Å². The van der Waals surface area contributed by atoms with E-state index in [0.717, 1.165) is 6.08 Å². The van der Waals surface area contributed by atoms with Crippen LogP contribution >= 0.6 is 34.8 Å². The molecule has 2 N–H and O–H groups in total. The first-order valence-corrected chi connectivity index (χ1v) is 10.7. The van der Waals surface area contributed by atoms with Gasteiger partial charge in [0.05, 0.1) is 32.1 Å². The molecule has 0 fully saturated rings. The Hall–Kier alpha value is -2.71. The minimum absolute atomic E-state index is 0.256. The second-order valence-corrected chi connectivity index (χ2v) is 8.34. The highest BCUT2D eigenvalue weighted by Gasteiger charge is 2.44. The molecule has 170 valence electrons. The lowest BCUT2D eigenvalue weighted by Gasteiger charge is -2.26. The molecule has 1 amide bonds. The minimum Gasteiger partial charge on any atom is -0.319 e. The predicted molar refractivity (Wildman–Crippen MR) is 126 cm³/mol. The average molecular weight is 513 g/mol. The van der Waals surface area contributed by atoms with E-state index in [1.807, 2.05) is 0 Å². The molecule has 1 heterocycles. The molecule has 0 spiro atoms. The fourth-order valence-corrected chi connectivity index (χ4v) is 4.01. The molecule has 4 rings (SSSR count). The number of carbonyl (C=O) groups is 1. The lowest BCUT2D eigenvalue weighted by Crippen LogP contribution is -2.44. The summed E-state index contributed by atoms with van der Waals surface area (Å²) in [6.07, 6.45) is -3.43. The lowest BCUT2D eigenvalue weighted by atomic mass is 10.1. The van der Waals surface area contributed by atoms with Crippen LogP contribution in [0.5, 0.6) is 0 Å². The van der Waals surface area contributed by atoms with Crippen LogP contribution in [0.2, 0.25) is 15.1 Å². The Balaban J connectivity index is 1.63. The first-order chi connectivity index (χ1) is 15.6. The van der Waals surface area contributed by atoms with Crippen molar-refractivity contribution in [3.63, 3.8) is 0 Å². The van der Waals surface area contributed by atoms with Crippen molar-refractivity contribution in [3.05, 3.63) is 99.0 Å². The molecule has 1 atom stereocenters. The quantitative estimate of drug-likeness (QED) is 0.389. The highest BCUT2D eigenvalue weighted by molar-refractivity contribution is 6.40. The normalized spacial score (nSPS) is 16.0. The first kappa shape index (κ1) is 23.4. The average Bonchev–Trinajstić information content (AvgIpc) is 3.22.